The average Bonchev–Trinajstić information content (AvgIpc) is 2.47. The summed E-state index contributed by atoms with van der Waals surface area (Å²) in [4.78, 5) is 21.5. The van der Waals surface area contributed by atoms with Crippen LogP contribution in [0.1, 0.15) is 5.56 Å². The van der Waals surface area contributed by atoms with E-state index in [1.165, 1.54) is 0 Å². The number of carbonyl (C=O) groups is 1. The zero-order valence-corrected chi connectivity index (χ0v) is 10.8. The molecule has 98 valence electrons. The SMILES string of the molecule is CN(CCc1ccncc1)C(=O)Nc1ccccn1. The van der Waals surface area contributed by atoms with Crippen molar-refractivity contribution in [1.82, 2.24) is 14.9 Å². The molecule has 0 saturated heterocycles. The number of amides is 2. The third kappa shape index (κ3) is 4.06. The first-order valence-electron chi connectivity index (χ1n) is 6.08. The molecule has 0 aliphatic rings. The van der Waals surface area contributed by atoms with Crippen molar-refractivity contribution in [1.29, 1.82) is 0 Å². The molecule has 0 radical (unpaired) electrons. The van der Waals surface area contributed by atoms with Crippen molar-refractivity contribution >= 4 is 11.8 Å². The Labute approximate surface area is 112 Å². The molecular formula is C14H16N4O. The Hall–Kier alpha value is -2.43. The van der Waals surface area contributed by atoms with Crippen molar-refractivity contribution < 1.29 is 4.79 Å². The Morgan fingerprint density at radius 2 is 2.00 bits per heavy atom. The second kappa shape index (κ2) is 6.49. The summed E-state index contributed by atoms with van der Waals surface area (Å²) in [6.45, 7) is 0.642. The largest absolute Gasteiger partial charge is 0.327 e. The molecule has 2 aromatic rings. The van der Waals surface area contributed by atoms with E-state index >= 15 is 0 Å². The highest BCUT2D eigenvalue weighted by Crippen LogP contribution is 2.03. The molecule has 5 nitrogen and oxygen atoms in total. The van der Waals surface area contributed by atoms with Crippen LogP contribution in [0.2, 0.25) is 0 Å². The lowest BCUT2D eigenvalue weighted by Crippen LogP contribution is -2.33. The summed E-state index contributed by atoms with van der Waals surface area (Å²) in [6, 6.07) is 9.14. The van der Waals surface area contributed by atoms with Crippen molar-refractivity contribution in [2.75, 3.05) is 18.9 Å². The molecular weight excluding hydrogens is 240 g/mol. The fraction of sp³-hybridized carbons (Fsp3) is 0.214. The van der Waals surface area contributed by atoms with E-state index in [0.717, 1.165) is 12.0 Å². The maximum atomic E-state index is 11.9. The molecule has 0 saturated carbocycles. The van der Waals surface area contributed by atoms with Crippen molar-refractivity contribution in [3.63, 3.8) is 0 Å². The molecule has 0 aromatic carbocycles. The van der Waals surface area contributed by atoms with Gasteiger partial charge in [0.1, 0.15) is 5.82 Å². The molecule has 0 unspecified atom stereocenters. The summed E-state index contributed by atoms with van der Waals surface area (Å²) >= 11 is 0. The van der Waals surface area contributed by atoms with E-state index in [9.17, 15) is 4.79 Å². The van der Waals surface area contributed by atoms with Crippen molar-refractivity contribution in [3.05, 3.63) is 54.5 Å². The van der Waals surface area contributed by atoms with Crippen LogP contribution < -0.4 is 5.32 Å². The molecule has 0 aliphatic carbocycles. The molecule has 0 aliphatic heterocycles. The zero-order chi connectivity index (χ0) is 13.5. The predicted octanol–water partition coefficient (Wildman–Crippen LogP) is 2.18. The highest BCUT2D eigenvalue weighted by atomic mass is 16.2. The number of anilines is 1. The van der Waals surface area contributed by atoms with Crippen LogP contribution in [-0.2, 0) is 6.42 Å². The van der Waals surface area contributed by atoms with Crippen molar-refractivity contribution in [2.24, 2.45) is 0 Å². The van der Waals surface area contributed by atoms with Gasteiger partial charge in [-0.25, -0.2) is 9.78 Å². The summed E-state index contributed by atoms with van der Waals surface area (Å²) in [5, 5.41) is 2.74. The van der Waals surface area contributed by atoms with E-state index in [0.29, 0.717) is 12.4 Å². The van der Waals surface area contributed by atoms with E-state index in [-0.39, 0.29) is 6.03 Å². The summed E-state index contributed by atoms with van der Waals surface area (Å²) < 4.78 is 0. The van der Waals surface area contributed by atoms with Crippen LogP contribution in [0.5, 0.6) is 0 Å². The van der Waals surface area contributed by atoms with Gasteiger partial charge in [0.15, 0.2) is 0 Å². The third-order valence-corrected chi connectivity index (χ3v) is 2.73. The average molecular weight is 256 g/mol. The number of nitrogens with one attached hydrogen (secondary N) is 1. The highest BCUT2D eigenvalue weighted by molar-refractivity contribution is 5.88. The molecule has 2 amide bonds. The number of urea groups is 1. The lowest BCUT2D eigenvalue weighted by molar-refractivity contribution is 0.223. The van der Waals surface area contributed by atoms with Crippen LogP contribution in [0.3, 0.4) is 0 Å². The maximum Gasteiger partial charge on any atom is 0.322 e. The minimum atomic E-state index is -0.159. The topological polar surface area (TPSA) is 58.1 Å². The van der Waals surface area contributed by atoms with Crippen LogP contribution in [0.4, 0.5) is 10.6 Å². The minimum absolute atomic E-state index is 0.159. The van der Waals surface area contributed by atoms with Gasteiger partial charge in [0.05, 0.1) is 0 Å². The monoisotopic (exact) mass is 256 g/mol. The Balaban J connectivity index is 1.83. The van der Waals surface area contributed by atoms with Crippen LogP contribution in [0.15, 0.2) is 48.9 Å². The number of pyridine rings is 2. The molecule has 2 heterocycles. The second-order valence-electron chi connectivity index (χ2n) is 4.17. The number of nitrogens with zero attached hydrogens (tertiary/aromatic N) is 3. The first-order valence-corrected chi connectivity index (χ1v) is 6.08. The quantitative estimate of drug-likeness (QED) is 0.912. The number of hydrogen-bond acceptors (Lipinski definition) is 3. The van der Waals surface area contributed by atoms with Crippen LogP contribution in [0, 0.1) is 0 Å². The number of aromatic nitrogens is 2. The van der Waals surface area contributed by atoms with Crippen LogP contribution in [-0.4, -0.2) is 34.5 Å². The van der Waals surface area contributed by atoms with Gasteiger partial charge in [-0.2, -0.15) is 0 Å². The number of rotatable bonds is 4. The Bertz CT molecular complexity index is 515. The molecule has 1 N–H and O–H groups in total. The predicted molar refractivity (Wildman–Crippen MR) is 73.8 cm³/mol. The first kappa shape index (κ1) is 13.0. The molecule has 5 heteroatoms. The van der Waals surface area contributed by atoms with Gasteiger partial charge in [0.2, 0.25) is 0 Å². The summed E-state index contributed by atoms with van der Waals surface area (Å²) in [6.07, 6.45) is 5.95. The van der Waals surface area contributed by atoms with E-state index in [1.807, 2.05) is 24.3 Å². The Morgan fingerprint density at radius 3 is 2.68 bits per heavy atom. The lowest BCUT2D eigenvalue weighted by atomic mass is 10.2. The van der Waals surface area contributed by atoms with Gasteiger partial charge in [0, 0.05) is 32.2 Å². The summed E-state index contributed by atoms with van der Waals surface area (Å²) in [5.41, 5.74) is 1.16. The maximum absolute atomic E-state index is 11.9. The molecule has 2 aromatic heterocycles. The van der Waals surface area contributed by atoms with Gasteiger partial charge in [-0.1, -0.05) is 6.07 Å². The fourth-order valence-corrected chi connectivity index (χ4v) is 1.59. The second-order valence-corrected chi connectivity index (χ2v) is 4.17. The fourth-order valence-electron chi connectivity index (χ4n) is 1.59. The highest BCUT2D eigenvalue weighted by Gasteiger charge is 2.08. The molecule has 2 rings (SSSR count). The van der Waals surface area contributed by atoms with Gasteiger partial charge in [0.25, 0.3) is 0 Å². The standard InChI is InChI=1S/C14H16N4O/c1-18(11-7-12-5-9-15-10-6-12)14(19)17-13-4-2-3-8-16-13/h2-6,8-10H,7,11H2,1H3,(H,16,17,19). The van der Waals surface area contributed by atoms with Crippen LogP contribution >= 0.6 is 0 Å². The normalized spacial score (nSPS) is 9.95. The molecule has 0 atom stereocenters. The van der Waals surface area contributed by atoms with E-state index in [1.54, 1.807) is 36.6 Å². The minimum Gasteiger partial charge on any atom is -0.327 e. The smallest absolute Gasteiger partial charge is 0.322 e. The number of likely N-dealkylation sites (N-methyl/N-ethyl adjacent to an activating group) is 1. The van der Waals surface area contributed by atoms with E-state index in [4.69, 9.17) is 0 Å². The van der Waals surface area contributed by atoms with Gasteiger partial charge < -0.3 is 4.90 Å². The van der Waals surface area contributed by atoms with Crippen molar-refractivity contribution in [2.45, 2.75) is 6.42 Å². The van der Waals surface area contributed by atoms with Gasteiger partial charge >= 0.3 is 6.03 Å². The lowest BCUT2D eigenvalue weighted by Gasteiger charge is -2.17. The van der Waals surface area contributed by atoms with Gasteiger partial charge in [-0.05, 0) is 36.2 Å². The third-order valence-electron chi connectivity index (χ3n) is 2.73. The van der Waals surface area contributed by atoms with E-state index < -0.39 is 0 Å². The summed E-state index contributed by atoms with van der Waals surface area (Å²) in [5.74, 6) is 0.559. The zero-order valence-electron chi connectivity index (χ0n) is 10.8. The van der Waals surface area contributed by atoms with Crippen LogP contribution in [0.25, 0.3) is 0 Å². The van der Waals surface area contributed by atoms with Gasteiger partial charge in [-0.3, -0.25) is 10.3 Å². The number of hydrogen-bond donors (Lipinski definition) is 1. The Morgan fingerprint density at radius 1 is 1.21 bits per heavy atom. The first-order chi connectivity index (χ1) is 9.25. The summed E-state index contributed by atoms with van der Waals surface area (Å²) in [7, 11) is 1.76. The Kier molecular flexibility index (Phi) is 4.44. The molecule has 0 fully saturated rings. The molecule has 0 bridgehead atoms. The van der Waals surface area contributed by atoms with E-state index in [2.05, 4.69) is 15.3 Å². The molecule has 0 spiro atoms. The van der Waals surface area contributed by atoms with Gasteiger partial charge in [-0.15, -0.1) is 0 Å². The molecule has 19 heavy (non-hydrogen) atoms. The number of carbonyl (C=O) groups excluding carboxylic acids is 1. The van der Waals surface area contributed by atoms with Crippen molar-refractivity contribution in [3.8, 4) is 0 Å².